The van der Waals surface area contributed by atoms with Crippen LogP contribution in [0.1, 0.15) is 46.4 Å². The number of likely N-dealkylation sites (tertiary alicyclic amines) is 1. The SMILES string of the molecule is O=C(Nc1ccccc1C(=O)N1CCCC1)c1ccc(S(=O)(=O)N2CCCC2)cc1. The van der Waals surface area contributed by atoms with Crippen LogP contribution in [0.25, 0.3) is 0 Å². The van der Waals surface area contributed by atoms with E-state index in [0.29, 0.717) is 29.9 Å². The van der Waals surface area contributed by atoms with Crippen LogP contribution in [0, 0.1) is 0 Å². The molecular weight excluding hydrogens is 402 g/mol. The average Bonchev–Trinajstić information content (AvgIpc) is 3.48. The maximum Gasteiger partial charge on any atom is 0.255 e. The van der Waals surface area contributed by atoms with Gasteiger partial charge in [0.2, 0.25) is 10.0 Å². The van der Waals surface area contributed by atoms with Gasteiger partial charge in [-0.25, -0.2) is 8.42 Å². The molecule has 2 amide bonds. The van der Waals surface area contributed by atoms with E-state index in [1.807, 2.05) is 0 Å². The second-order valence-electron chi connectivity index (χ2n) is 7.63. The van der Waals surface area contributed by atoms with E-state index < -0.39 is 10.0 Å². The lowest BCUT2D eigenvalue weighted by molar-refractivity contribution is 0.0794. The van der Waals surface area contributed by atoms with E-state index in [9.17, 15) is 18.0 Å². The molecule has 0 aromatic heterocycles. The Bertz CT molecular complexity index is 1040. The Hall–Kier alpha value is -2.71. The standard InChI is InChI=1S/C22H25N3O4S/c26-21(17-9-11-18(12-10-17)30(28,29)25-15-5-6-16-25)23-20-8-2-1-7-19(20)22(27)24-13-3-4-14-24/h1-2,7-12H,3-6,13-16H2,(H,23,26). The molecule has 0 atom stereocenters. The van der Waals surface area contributed by atoms with Gasteiger partial charge in [-0.1, -0.05) is 12.1 Å². The largest absolute Gasteiger partial charge is 0.339 e. The van der Waals surface area contributed by atoms with E-state index in [0.717, 1.165) is 38.8 Å². The number of carbonyl (C=O) groups is 2. The summed E-state index contributed by atoms with van der Waals surface area (Å²) in [5.41, 5.74) is 1.24. The fraction of sp³-hybridized carbons (Fsp3) is 0.364. The minimum absolute atomic E-state index is 0.0875. The lowest BCUT2D eigenvalue weighted by atomic mass is 10.1. The van der Waals surface area contributed by atoms with Gasteiger partial charge in [0.15, 0.2) is 0 Å². The number of sulfonamides is 1. The molecule has 0 spiro atoms. The van der Waals surface area contributed by atoms with E-state index in [1.165, 1.54) is 28.6 Å². The molecule has 2 aromatic carbocycles. The van der Waals surface area contributed by atoms with Gasteiger partial charge in [0, 0.05) is 31.7 Å². The molecule has 0 bridgehead atoms. The molecule has 2 aliphatic rings. The maximum absolute atomic E-state index is 12.8. The van der Waals surface area contributed by atoms with Crippen LogP contribution >= 0.6 is 0 Å². The zero-order valence-corrected chi connectivity index (χ0v) is 17.5. The summed E-state index contributed by atoms with van der Waals surface area (Å²) < 4.78 is 26.7. The van der Waals surface area contributed by atoms with Crippen molar-refractivity contribution in [3.8, 4) is 0 Å². The molecule has 7 nitrogen and oxygen atoms in total. The van der Waals surface area contributed by atoms with Gasteiger partial charge < -0.3 is 10.2 Å². The lowest BCUT2D eigenvalue weighted by Gasteiger charge is -2.18. The smallest absolute Gasteiger partial charge is 0.255 e. The molecule has 2 aliphatic heterocycles. The zero-order valence-electron chi connectivity index (χ0n) is 16.7. The first-order chi connectivity index (χ1) is 14.5. The molecule has 1 N–H and O–H groups in total. The molecule has 2 aromatic rings. The van der Waals surface area contributed by atoms with Crippen molar-refractivity contribution in [2.75, 3.05) is 31.5 Å². The van der Waals surface area contributed by atoms with Crippen molar-refractivity contribution in [3.63, 3.8) is 0 Å². The van der Waals surface area contributed by atoms with Gasteiger partial charge in [-0.3, -0.25) is 9.59 Å². The Morgan fingerprint density at radius 3 is 2.07 bits per heavy atom. The van der Waals surface area contributed by atoms with E-state index in [1.54, 1.807) is 29.2 Å². The highest BCUT2D eigenvalue weighted by molar-refractivity contribution is 7.89. The normalized spacial score (nSPS) is 17.3. The summed E-state index contributed by atoms with van der Waals surface area (Å²) in [5.74, 6) is -0.475. The molecule has 0 saturated carbocycles. The molecule has 2 heterocycles. The average molecular weight is 428 g/mol. The number of rotatable bonds is 5. The summed E-state index contributed by atoms with van der Waals surface area (Å²) in [5, 5.41) is 2.80. The van der Waals surface area contributed by atoms with Gasteiger partial charge in [-0.2, -0.15) is 4.31 Å². The van der Waals surface area contributed by atoms with Crippen molar-refractivity contribution in [1.82, 2.24) is 9.21 Å². The highest BCUT2D eigenvalue weighted by Crippen LogP contribution is 2.23. The third-order valence-corrected chi connectivity index (χ3v) is 7.53. The summed E-state index contributed by atoms with van der Waals surface area (Å²) in [6.07, 6.45) is 3.73. The van der Waals surface area contributed by atoms with Gasteiger partial charge in [0.25, 0.3) is 11.8 Å². The molecule has 2 saturated heterocycles. The number of nitrogens with one attached hydrogen (secondary N) is 1. The van der Waals surface area contributed by atoms with Crippen LogP contribution in [0.15, 0.2) is 53.4 Å². The van der Waals surface area contributed by atoms with Crippen molar-refractivity contribution < 1.29 is 18.0 Å². The molecule has 8 heteroatoms. The predicted octanol–water partition coefficient (Wildman–Crippen LogP) is 2.96. The molecule has 0 radical (unpaired) electrons. The number of nitrogens with zero attached hydrogens (tertiary/aromatic N) is 2. The Balaban J connectivity index is 1.50. The molecule has 2 fully saturated rings. The van der Waals surface area contributed by atoms with E-state index >= 15 is 0 Å². The molecule has 0 aliphatic carbocycles. The quantitative estimate of drug-likeness (QED) is 0.795. The van der Waals surface area contributed by atoms with Gasteiger partial charge in [-0.05, 0) is 62.1 Å². The third-order valence-electron chi connectivity index (χ3n) is 5.62. The van der Waals surface area contributed by atoms with Crippen LogP contribution in [-0.4, -0.2) is 55.6 Å². The Morgan fingerprint density at radius 2 is 1.40 bits per heavy atom. The first-order valence-corrected chi connectivity index (χ1v) is 11.7. The summed E-state index contributed by atoms with van der Waals surface area (Å²) in [6.45, 7) is 2.53. The minimum Gasteiger partial charge on any atom is -0.339 e. The zero-order chi connectivity index (χ0) is 21.1. The highest BCUT2D eigenvalue weighted by Gasteiger charge is 2.27. The van der Waals surface area contributed by atoms with Gasteiger partial charge in [-0.15, -0.1) is 0 Å². The van der Waals surface area contributed by atoms with Crippen molar-refractivity contribution in [3.05, 3.63) is 59.7 Å². The second kappa shape index (κ2) is 8.57. The molecule has 4 rings (SSSR count). The molecule has 0 unspecified atom stereocenters. The highest BCUT2D eigenvalue weighted by atomic mass is 32.2. The van der Waals surface area contributed by atoms with Crippen molar-refractivity contribution in [2.24, 2.45) is 0 Å². The van der Waals surface area contributed by atoms with Gasteiger partial charge in [0.1, 0.15) is 0 Å². The minimum atomic E-state index is -3.52. The van der Waals surface area contributed by atoms with Crippen molar-refractivity contribution >= 4 is 27.5 Å². The maximum atomic E-state index is 12.8. The summed E-state index contributed by atoms with van der Waals surface area (Å²) in [7, 11) is -3.52. The number of para-hydroxylation sites is 1. The van der Waals surface area contributed by atoms with Gasteiger partial charge in [0.05, 0.1) is 16.1 Å². The summed E-state index contributed by atoms with van der Waals surface area (Å²) in [6, 6.07) is 12.9. The first kappa shape index (κ1) is 20.6. The number of anilines is 1. The summed E-state index contributed by atoms with van der Waals surface area (Å²) in [4.78, 5) is 27.5. The van der Waals surface area contributed by atoms with E-state index in [4.69, 9.17) is 0 Å². The van der Waals surface area contributed by atoms with E-state index in [2.05, 4.69) is 5.32 Å². The van der Waals surface area contributed by atoms with Crippen LogP contribution in [-0.2, 0) is 10.0 Å². The second-order valence-corrected chi connectivity index (χ2v) is 9.57. The predicted molar refractivity (Wildman–Crippen MR) is 114 cm³/mol. The van der Waals surface area contributed by atoms with Crippen LogP contribution in [0.5, 0.6) is 0 Å². The van der Waals surface area contributed by atoms with Crippen molar-refractivity contribution in [2.45, 2.75) is 30.6 Å². The summed E-state index contributed by atoms with van der Waals surface area (Å²) >= 11 is 0. The Morgan fingerprint density at radius 1 is 0.800 bits per heavy atom. The fourth-order valence-corrected chi connectivity index (χ4v) is 5.44. The first-order valence-electron chi connectivity index (χ1n) is 10.3. The Labute approximate surface area is 176 Å². The van der Waals surface area contributed by atoms with Gasteiger partial charge >= 0.3 is 0 Å². The topological polar surface area (TPSA) is 86.8 Å². The number of hydrogen-bond donors (Lipinski definition) is 1. The number of benzene rings is 2. The number of amides is 2. The fourth-order valence-electron chi connectivity index (χ4n) is 3.92. The molecule has 30 heavy (non-hydrogen) atoms. The third kappa shape index (κ3) is 4.11. The number of hydrogen-bond acceptors (Lipinski definition) is 4. The van der Waals surface area contributed by atoms with Crippen molar-refractivity contribution in [1.29, 1.82) is 0 Å². The monoisotopic (exact) mass is 427 g/mol. The Kier molecular flexibility index (Phi) is 5.87. The molecule has 158 valence electrons. The van der Waals surface area contributed by atoms with Crippen LogP contribution in [0.4, 0.5) is 5.69 Å². The molecular formula is C22H25N3O4S. The number of carbonyl (C=O) groups excluding carboxylic acids is 2. The lowest BCUT2D eigenvalue weighted by Crippen LogP contribution is -2.29. The van der Waals surface area contributed by atoms with Crippen LogP contribution in [0.3, 0.4) is 0 Å². The van der Waals surface area contributed by atoms with Crippen LogP contribution in [0.2, 0.25) is 0 Å². The van der Waals surface area contributed by atoms with Crippen LogP contribution < -0.4 is 5.32 Å². The van der Waals surface area contributed by atoms with E-state index in [-0.39, 0.29) is 16.7 Å².